The standard InChI is InChI=1S/C22H25N3O3S/c1-6-12-25-17-11-9-8-10-16(17)24-22(25)29-15(5)20(26)19-13(3)18(14(4)23-19)21(27)28-7-2/h6,8-11,15,23H,1,7,12H2,2-5H3/t15-/m0/s1. The SMILES string of the molecule is C=CCn1c(S[C@@H](C)C(=O)c2[nH]c(C)c(C(=O)OCC)c2C)nc2ccccc21. The summed E-state index contributed by atoms with van der Waals surface area (Å²) in [5.74, 6) is -0.491. The number of aromatic amines is 1. The normalized spacial score (nSPS) is 12.1. The number of allylic oxidation sites excluding steroid dienone is 1. The van der Waals surface area contributed by atoms with E-state index in [1.807, 2.05) is 41.8 Å². The van der Waals surface area contributed by atoms with E-state index in [4.69, 9.17) is 4.74 Å². The second kappa shape index (κ2) is 8.69. The van der Waals surface area contributed by atoms with Gasteiger partial charge in [-0.15, -0.1) is 6.58 Å². The molecule has 7 heteroatoms. The second-order valence-corrected chi connectivity index (χ2v) is 8.06. The summed E-state index contributed by atoms with van der Waals surface area (Å²) in [5.41, 5.74) is 4.03. The molecule has 1 N–H and O–H groups in total. The van der Waals surface area contributed by atoms with Crippen molar-refractivity contribution in [3.05, 3.63) is 59.4 Å². The van der Waals surface area contributed by atoms with Crippen LogP contribution in [-0.2, 0) is 11.3 Å². The minimum absolute atomic E-state index is 0.0802. The fourth-order valence-corrected chi connectivity index (χ4v) is 4.36. The number of hydrogen-bond acceptors (Lipinski definition) is 5. The molecule has 6 nitrogen and oxygen atoms in total. The molecule has 1 atom stereocenters. The highest BCUT2D eigenvalue weighted by Gasteiger charge is 2.27. The predicted molar refractivity (Wildman–Crippen MR) is 116 cm³/mol. The molecular formula is C22H25N3O3S. The van der Waals surface area contributed by atoms with Crippen molar-refractivity contribution in [2.75, 3.05) is 6.61 Å². The van der Waals surface area contributed by atoms with E-state index >= 15 is 0 Å². The molecule has 3 rings (SSSR count). The van der Waals surface area contributed by atoms with E-state index in [0.717, 1.165) is 16.2 Å². The van der Waals surface area contributed by atoms with Crippen molar-refractivity contribution >= 4 is 34.5 Å². The maximum absolute atomic E-state index is 13.1. The third-order valence-electron chi connectivity index (χ3n) is 4.75. The largest absolute Gasteiger partial charge is 0.462 e. The van der Waals surface area contributed by atoms with Gasteiger partial charge in [-0.1, -0.05) is 30.0 Å². The summed E-state index contributed by atoms with van der Waals surface area (Å²) < 4.78 is 7.17. The fourth-order valence-electron chi connectivity index (χ4n) is 3.37. The number of Topliss-reactive ketones (excluding diaryl/α,β-unsaturated/α-hetero) is 1. The number of imidazole rings is 1. The number of ketones is 1. The van der Waals surface area contributed by atoms with E-state index in [2.05, 4.69) is 16.5 Å². The van der Waals surface area contributed by atoms with Crippen molar-refractivity contribution in [1.82, 2.24) is 14.5 Å². The van der Waals surface area contributed by atoms with Gasteiger partial charge in [-0.05, 0) is 45.4 Å². The van der Waals surface area contributed by atoms with Gasteiger partial charge in [-0.2, -0.15) is 0 Å². The molecule has 0 saturated heterocycles. The maximum atomic E-state index is 13.1. The van der Waals surface area contributed by atoms with Crippen LogP contribution in [0.15, 0.2) is 42.1 Å². The molecule has 0 amide bonds. The van der Waals surface area contributed by atoms with Crippen LogP contribution >= 0.6 is 11.8 Å². The second-order valence-electron chi connectivity index (χ2n) is 6.75. The number of rotatable bonds is 8. The highest BCUT2D eigenvalue weighted by molar-refractivity contribution is 8.00. The Bertz CT molecular complexity index is 1080. The van der Waals surface area contributed by atoms with Crippen LogP contribution in [0.3, 0.4) is 0 Å². The summed E-state index contributed by atoms with van der Waals surface area (Å²) in [6.07, 6.45) is 1.81. The Kier molecular flexibility index (Phi) is 6.27. The Morgan fingerprint density at radius 2 is 2.07 bits per heavy atom. The average Bonchev–Trinajstić information content (AvgIpc) is 3.18. The molecule has 3 aromatic rings. The Balaban J connectivity index is 1.90. The third kappa shape index (κ3) is 4.00. The van der Waals surface area contributed by atoms with Crippen LogP contribution in [0.1, 0.15) is 46.0 Å². The van der Waals surface area contributed by atoms with Crippen molar-refractivity contribution in [3.8, 4) is 0 Å². The fraction of sp³-hybridized carbons (Fsp3) is 0.318. The van der Waals surface area contributed by atoms with Crippen LogP contribution in [0.5, 0.6) is 0 Å². The number of nitrogens with one attached hydrogen (secondary N) is 1. The number of nitrogens with zero attached hydrogens (tertiary/aromatic N) is 2. The summed E-state index contributed by atoms with van der Waals surface area (Å²) in [6.45, 7) is 11.9. The van der Waals surface area contributed by atoms with E-state index in [1.54, 1.807) is 20.8 Å². The lowest BCUT2D eigenvalue weighted by Crippen LogP contribution is -2.16. The van der Waals surface area contributed by atoms with Crippen molar-refractivity contribution in [2.45, 2.75) is 44.6 Å². The molecule has 0 radical (unpaired) electrons. The molecule has 2 heterocycles. The quantitative estimate of drug-likeness (QED) is 0.251. The van der Waals surface area contributed by atoms with E-state index in [1.165, 1.54) is 11.8 Å². The third-order valence-corrected chi connectivity index (χ3v) is 5.84. The first kappa shape index (κ1) is 20.9. The first-order valence-corrected chi connectivity index (χ1v) is 10.4. The molecule has 0 bridgehead atoms. The van der Waals surface area contributed by atoms with Crippen molar-refractivity contribution in [2.24, 2.45) is 0 Å². The minimum atomic E-state index is -0.411. The number of hydrogen-bond donors (Lipinski definition) is 1. The van der Waals surface area contributed by atoms with Crippen molar-refractivity contribution in [1.29, 1.82) is 0 Å². The van der Waals surface area contributed by atoms with Crippen LogP contribution in [0.2, 0.25) is 0 Å². The molecule has 0 unspecified atom stereocenters. The summed E-state index contributed by atoms with van der Waals surface area (Å²) in [4.78, 5) is 33.1. The molecule has 29 heavy (non-hydrogen) atoms. The van der Waals surface area contributed by atoms with Crippen LogP contribution in [-0.4, -0.2) is 38.1 Å². The maximum Gasteiger partial charge on any atom is 0.340 e. The lowest BCUT2D eigenvalue weighted by atomic mass is 10.1. The van der Waals surface area contributed by atoms with Crippen LogP contribution in [0.25, 0.3) is 11.0 Å². The van der Waals surface area contributed by atoms with E-state index < -0.39 is 5.97 Å². The zero-order valence-electron chi connectivity index (χ0n) is 17.1. The van der Waals surface area contributed by atoms with Gasteiger partial charge < -0.3 is 14.3 Å². The number of esters is 1. The van der Waals surface area contributed by atoms with Gasteiger partial charge in [-0.25, -0.2) is 9.78 Å². The van der Waals surface area contributed by atoms with Crippen LogP contribution in [0, 0.1) is 13.8 Å². The molecule has 0 fully saturated rings. The number of carbonyl (C=O) groups is 2. The number of carbonyl (C=O) groups excluding carboxylic acids is 2. The molecule has 0 aliphatic heterocycles. The number of thioether (sulfide) groups is 1. The molecule has 2 aromatic heterocycles. The number of aryl methyl sites for hydroxylation is 1. The van der Waals surface area contributed by atoms with E-state index in [0.29, 0.717) is 29.1 Å². The van der Waals surface area contributed by atoms with E-state index in [9.17, 15) is 9.59 Å². The van der Waals surface area contributed by atoms with Gasteiger partial charge in [0.2, 0.25) is 0 Å². The molecule has 0 aliphatic rings. The number of fused-ring (bicyclic) bond motifs is 1. The number of aromatic nitrogens is 3. The molecule has 0 aliphatic carbocycles. The Hall–Kier alpha value is -2.80. The number of H-pyrrole nitrogens is 1. The first-order chi connectivity index (χ1) is 13.9. The van der Waals surface area contributed by atoms with Gasteiger partial charge in [-0.3, -0.25) is 4.79 Å². The molecule has 0 saturated carbocycles. The number of ether oxygens (including phenoxy) is 1. The molecule has 1 aromatic carbocycles. The highest BCUT2D eigenvalue weighted by Crippen LogP contribution is 2.30. The topological polar surface area (TPSA) is 77.0 Å². The predicted octanol–water partition coefficient (Wildman–Crippen LogP) is 4.71. The van der Waals surface area contributed by atoms with Crippen molar-refractivity contribution in [3.63, 3.8) is 0 Å². The highest BCUT2D eigenvalue weighted by atomic mass is 32.2. The zero-order chi connectivity index (χ0) is 21.1. The first-order valence-electron chi connectivity index (χ1n) is 9.52. The van der Waals surface area contributed by atoms with Crippen molar-refractivity contribution < 1.29 is 14.3 Å². The number of benzene rings is 1. The molecule has 0 spiro atoms. The van der Waals surface area contributed by atoms with Gasteiger partial charge >= 0.3 is 5.97 Å². The summed E-state index contributed by atoms with van der Waals surface area (Å²) in [7, 11) is 0. The van der Waals surface area contributed by atoms with Gasteiger partial charge in [0, 0.05) is 12.2 Å². The molecule has 152 valence electrons. The Morgan fingerprint density at radius 1 is 1.34 bits per heavy atom. The Labute approximate surface area is 174 Å². The van der Waals surface area contributed by atoms with E-state index in [-0.39, 0.29) is 17.6 Å². The lowest BCUT2D eigenvalue weighted by molar-refractivity contribution is 0.0525. The molecular weight excluding hydrogens is 386 g/mol. The summed E-state index contributed by atoms with van der Waals surface area (Å²) in [5, 5.41) is 0.376. The lowest BCUT2D eigenvalue weighted by Gasteiger charge is -2.11. The van der Waals surface area contributed by atoms with Gasteiger partial charge in [0.1, 0.15) is 0 Å². The average molecular weight is 412 g/mol. The zero-order valence-corrected chi connectivity index (χ0v) is 17.9. The monoisotopic (exact) mass is 411 g/mol. The Morgan fingerprint density at radius 3 is 2.76 bits per heavy atom. The summed E-state index contributed by atoms with van der Waals surface area (Å²) >= 11 is 1.40. The summed E-state index contributed by atoms with van der Waals surface area (Å²) in [6, 6.07) is 7.87. The van der Waals surface area contributed by atoms with Gasteiger partial charge in [0.15, 0.2) is 10.9 Å². The van der Waals surface area contributed by atoms with Crippen LogP contribution < -0.4 is 0 Å². The van der Waals surface area contributed by atoms with Gasteiger partial charge in [0.05, 0.1) is 34.1 Å². The minimum Gasteiger partial charge on any atom is -0.462 e. The van der Waals surface area contributed by atoms with Crippen LogP contribution in [0.4, 0.5) is 0 Å². The smallest absolute Gasteiger partial charge is 0.340 e. The van der Waals surface area contributed by atoms with Gasteiger partial charge in [0.25, 0.3) is 0 Å². The number of para-hydroxylation sites is 2.